The molecule has 1 aromatic heterocycles. The maximum atomic E-state index is 14.2. The highest BCUT2D eigenvalue weighted by Crippen LogP contribution is 2.32. The van der Waals surface area contributed by atoms with Crippen molar-refractivity contribution in [3.63, 3.8) is 0 Å². The summed E-state index contributed by atoms with van der Waals surface area (Å²) >= 11 is 1.36. The zero-order chi connectivity index (χ0) is 31.0. The van der Waals surface area contributed by atoms with E-state index in [0.29, 0.717) is 18.1 Å². The Labute approximate surface area is 258 Å². The van der Waals surface area contributed by atoms with Gasteiger partial charge in [-0.2, -0.15) is 4.31 Å². The summed E-state index contributed by atoms with van der Waals surface area (Å²) in [4.78, 5) is 29.1. The lowest BCUT2D eigenvalue weighted by Gasteiger charge is -2.40. The molecule has 0 aliphatic heterocycles. The summed E-state index contributed by atoms with van der Waals surface area (Å²) in [5.41, 5.74) is 1.35. The lowest BCUT2D eigenvalue weighted by molar-refractivity contribution is -0.124. The van der Waals surface area contributed by atoms with E-state index in [1.54, 1.807) is 17.6 Å². The van der Waals surface area contributed by atoms with Gasteiger partial charge in [0.15, 0.2) is 0 Å². The monoisotopic (exact) mass is 629 g/mol. The van der Waals surface area contributed by atoms with E-state index in [2.05, 4.69) is 20.9 Å². The van der Waals surface area contributed by atoms with Crippen LogP contribution in [0.2, 0.25) is 0 Å². The number of hydrogen-bond donors (Lipinski definition) is 4. The Bertz CT molecular complexity index is 1480. The smallest absolute Gasteiger partial charge is 0.245 e. The van der Waals surface area contributed by atoms with Crippen molar-refractivity contribution in [3.8, 4) is 0 Å². The predicted molar refractivity (Wildman–Crippen MR) is 169 cm³/mol. The van der Waals surface area contributed by atoms with Crippen LogP contribution in [0.3, 0.4) is 0 Å². The van der Waals surface area contributed by atoms with Gasteiger partial charge in [-0.25, -0.2) is 13.4 Å². The molecule has 1 fully saturated rings. The Morgan fingerprint density at radius 3 is 2.53 bits per heavy atom. The number of sulfonamides is 1. The molecule has 1 aliphatic carbocycles. The average Bonchev–Trinajstić information content (AvgIpc) is 3.68. The highest BCUT2D eigenvalue weighted by atomic mass is 32.2. The minimum atomic E-state index is -4.13. The van der Waals surface area contributed by atoms with E-state index in [-0.39, 0.29) is 67.4 Å². The second-order valence-corrected chi connectivity index (χ2v) is 14.7. The number of benzene rings is 2. The van der Waals surface area contributed by atoms with Gasteiger partial charge in [0.1, 0.15) is 5.72 Å². The molecular formula is C31H43N5O5S2. The van der Waals surface area contributed by atoms with E-state index in [1.807, 2.05) is 51.1 Å². The number of nitrogens with one attached hydrogen (secondary N) is 3. The fourth-order valence-corrected chi connectivity index (χ4v) is 7.56. The van der Waals surface area contributed by atoms with Gasteiger partial charge in [-0.3, -0.25) is 9.59 Å². The van der Waals surface area contributed by atoms with Crippen molar-refractivity contribution < 1.29 is 23.1 Å². The fourth-order valence-electron chi connectivity index (χ4n) is 4.91. The molecule has 1 heterocycles. The van der Waals surface area contributed by atoms with Crippen LogP contribution in [0.5, 0.6) is 0 Å². The van der Waals surface area contributed by atoms with Gasteiger partial charge in [0, 0.05) is 44.9 Å². The van der Waals surface area contributed by atoms with E-state index in [1.165, 1.54) is 21.7 Å². The summed E-state index contributed by atoms with van der Waals surface area (Å²) in [6.07, 6.45) is 2.44. The van der Waals surface area contributed by atoms with Crippen LogP contribution in [-0.4, -0.2) is 72.6 Å². The predicted octanol–water partition coefficient (Wildman–Crippen LogP) is 3.28. The number of aromatic nitrogens is 1. The van der Waals surface area contributed by atoms with Gasteiger partial charge in [0.25, 0.3) is 0 Å². The van der Waals surface area contributed by atoms with E-state index in [0.717, 1.165) is 23.1 Å². The van der Waals surface area contributed by atoms with Crippen molar-refractivity contribution in [2.75, 3.05) is 26.2 Å². The molecule has 4 rings (SSSR count). The van der Waals surface area contributed by atoms with Crippen LogP contribution in [0, 0.1) is 11.8 Å². The van der Waals surface area contributed by atoms with Gasteiger partial charge in [0.2, 0.25) is 21.8 Å². The van der Waals surface area contributed by atoms with Gasteiger partial charge >= 0.3 is 0 Å². The zero-order valence-corrected chi connectivity index (χ0v) is 26.7. The number of carbonyl (C=O) groups excluding carboxylic acids is 2. The summed E-state index contributed by atoms with van der Waals surface area (Å²) < 4.78 is 30.2. The van der Waals surface area contributed by atoms with E-state index >= 15 is 0 Å². The second-order valence-electron chi connectivity index (χ2n) is 11.9. The third-order valence-electron chi connectivity index (χ3n) is 7.37. The van der Waals surface area contributed by atoms with Gasteiger partial charge in [0.05, 0.1) is 27.2 Å². The Morgan fingerprint density at radius 2 is 1.84 bits per heavy atom. The fraction of sp³-hybridized carbons (Fsp3) is 0.516. The molecule has 0 radical (unpaired) electrons. The third kappa shape index (κ3) is 9.54. The molecule has 43 heavy (non-hydrogen) atoms. The lowest BCUT2D eigenvalue weighted by Crippen LogP contribution is -2.55. The van der Waals surface area contributed by atoms with E-state index in [4.69, 9.17) is 0 Å². The molecule has 10 nitrogen and oxygen atoms in total. The quantitative estimate of drug-likeness (QED) is 0.168. The minimum Gasteiger partial charge on any atom is -0.374 e. The van der Waals surface area contributed by atoms with Crippen molar-refractivity contribution in [2.45, 2.75) is 69.5 Å². The number of thiazole rings is 1. The minimum absolute atomic E-state index is 0.0136. The highest BCUT2D eigenvalue weighted by Gasteiger charge is 2.43. The molecule has 2 atom stereocenters. The van der Waals surface area contributed by atoms with Gasteiger partial charge in [-0.05, 0) is 48.4 Å². The topological polar surface area (TPSA) is 141 Å². The number of rotatable bonds is 17. The van der Waals surface area contributed by atoms with Crippen LogP contribution >= 0.6 is 11.3 Å². The third-order valence-corrected chi connectivity index (χ3v) is 10.1. The summed E-state index contributed by atoms with van der Waals surface area (Å²) in [5, 5.41) is 21.1. The molecule has 0 spiro atoms. The van der Waals surface area contributed by atoms with Crippen molar-refractivity contribution >= 4 is 43.4 Å². The lowest BCUT2D eigenvalue weighted by atomic mass is 9.98. The molecule has 2 amide bonds. The number of aliphatic hydroxyl groups is 1. The summed E-state index contributed by atoms with van der Waals surface area (Å²) in [6, 6.07) is 14.5. The maximum Gasteiger partial charge on any atom is 0.245 e. The molecule has 1 saturated carbocycles. The van der Waals surface area contributed by atoms with Crippen LogP contribution in [0.15, 0.2) is 58.9 Å². The first-order valence-electron chi connectivity index (χ1n) is 14.9. The molecule has 4 N–H and O–H groups in total. The van der Waals surface area contributed by atoms with Crippen molar-refractivity contribution in [1.29, 1.82) is 0 Å². The van der Waals surface area contributed by atoms with Crippen LogP contribution < -0.4 is 16.0 Å². The molecule has 0 saturated heterocycles. The van der Waals surface area contributed by atoms with Crippen LogP contribution in [-0.2, 0) is 26.0 Å². The Balaban J connectivity index is 1.45. The molecule has 1 aliphatic rings. The summed E-state index contributed by atoms with van der Waals surface area (Å²) in [7, 11) is -4.13. The van der Waals surface area contributed by atoms with E-state index < -0.39 is 15.7 Å². The standard InChI is InChI=1S/C31H43N5O5S2/c1-22(2)20-36(43(40,41)26-11-12-27-28(16-26)42-21-35-27)31(39,17-24-7-5-4-6-8-24)13-14-32-29(37)15-23(3)18-34-30(38)19-33-25-9-10-25/h4-8,11-12,16,21-23,25,33,39H,9-10,13-15,17-20H2,1-3H3,(H,32,37)(H,34,38). The molecule has 2 unspecified atom stereocenters. The Hall–Kier alpha value is -2.90. The number of hydrogen-bond acceptors (Lipinski definition) is 8. The Kier molecular flexibility index (Phi) is 11.3. The summed E-state index contributed by atoms with van der Waals surface area (Å²) in [5.74, 6) is -0.484. The second kappa shape index (κ2) is 14.7. The average molecular weight is 630 g/mol. The van der Waals surface area contributed by atoms with Gasteiger partial charge in [-0.15, -0.1) is 11.3 Å². The molecular weight excluding hydrogens is 587 g/mol. The van der Waals surface area contributed by atoms with Crippen molar-refractivity contribution in [3.05, 3.63) is 59.6 Å². The molecule has 12 heteroatoms. The van der Waals surface area contributed by atoms with E-state index in [9.17, 15) is 23.1 Å². The van der Waals surface area contributed by atoms with Crippen molar-refractivity contribution in [1.82, 2.24) is 25.2 Å². The Morgan fingerprint density at radius 1 is 1.09 bits per heavy atom. The van der Waals surface area contributed by atoms with Gasteiger partial charge < -0.3 is 21.1 Å². The number of nitrogens with zero attached hydrogens (tertiary/aromatic N) is 2. The molecule has 2 aromatic carbocycles. The van der Waals surface area contributed by atoms with Crippen LogP contribution in [0.1, 0.15) is 52.0 Å². The number of amides is 2. The zero-order valence-electron chi connectivity index (χ0n) is 25.1. The first kappa shape index (κ1) is 33.0. The van der Waals surface area contributed by atoms with Crippen LogP contribution in [0.4, 0.5) is 0 Å². The molecule has 234 valence electrons. The number of carbonyl (C=O) groups is 2. The molecule has 0 bridgehead atoms. The normalized spacial score (nSPS) is 15.9. The highest BCUT2D eigenvalue weighted by molar-refractivity contribution is 7.89. The van der Waals surface area contributed by atoms with Gasteiger partial charge in [-0.1, -0.05) is 51.1 Å². The largest absolute Gasteiger partial charge is 0.374 e. The van der Waals surface area contributed by atoms with Crippen LogP contribution in [0.25, 0.3) is 10.2 Å². The first-order valence-corrected chi connectivity index (χ1v) is 17.2. The van der Waals surface area contributed by atoms with Crippen molar-refractivity contribution in [2.24, 2.45) is 11.8 Å². The maximum absolute atomic E-state index is 14.2. The number of fused-ring (bicyclic) bond motifs is 1. The summed E-state index contributed by atoms with van der Waals surface area (Å²) in [6.45, 7) is 6.51. The molecule has 3 aromatic rings. The SMILES string of the molecule is CC(C)CN(C(O)(CCNC(=O)CC(C)CNC(=O)CNC1CC1)Cc1ccccc1)S(=O)(=O)c1ccc2ncsc2c1. The first-order chi connectivity index (χ1) is 20.5.